The van der Waals surface area contributed by atoms with Gasteiger partial charge in [-0.15, -0.1) is 0 Å². The molecule has 0 heterocycles. The fraction of sp³-hybridized carbons (Fsp3) is 0.118. The second-order valence-corrected chi connectivity index (χ2v) is 4.34. The summed E-state index contributed by atoms with van der Waals surface area (Å²) in [4.78, 5) is 11.0. The molecule has 21 heavy (non-hydrogen) atoms. The molecule has 0 amide bonds. The van der Waals surface area contributed by atoms with E-state index in [1.165, 1.54) is 25.3 Å². The van der Waals surface area contributed by atoms with Gasteiger partial charge >= 0.3 is 5.97 Å². The highest BCUT2D eigenvalue weighted by Gasteiger charge is 1.98. The maximum Gasteiger partial charge on any atom is 0.330 e. The van der Waals surface area contributed by atoms with E-state index in [0.29, 0.717) is 12.4 Å². The second-order valence-electron chi connectivity index (χ2n) is 4.34. The molecule has 0 atom stereocenters. The lowest BCUT2D eigenvalue weighted by Crippen LogP contribution is -1.96. The lowest BCUT2D eigenvalue weighted by atomic mass is 10.2. The first-order valence-electron chi connectivity index (χ1n) is 6.41. The van der Waals surface area contributed by atoms with Crippen LogP contribution in [-0.2, 0) is 16.1 Å². The molecular formula is C17H15FO3. The number of ether oxygens (including phenoxy) is 2. The highest BCUT2D eigenvalue weighted by Crippen LogP contribution is 2.15. The third-order valence-electron chi connectivity index (χ3n) is 2.79. The van der Waals surface area contributed by atoms with Crippen LogP contribution in [0.3, 0.4) is 0 Å². The number of halogens is 1. The van der Waals surface area contributed by atoms with E-state index in [4.69, 9.17) is 4.74 Å². The fourth-order valence-electron chi connectivity index (χ4n) is 1.70. The van der Waals surface area contributed by atoms with Crippen LogP contribution in [0.5, 0.6) is 5.75 Å². The number of carbonyl (C=O) groups excluding carboxylic acids is 1. The first-order chi connectivity index (χ1) is 10.2. The summed E-state index contributed by atoms with van der Waals surface area (Å²) in [6, 6.07) is 13.5. The topological polar surface area (TPSA) is 35.5 Å². The lowest BCUT2D eigenvalue weighted by Gasteiger charge is -2.06. The molecule has 108 valence electrons. The predicted octanol–water partition coefficient (Wildman–Crippen LogP) is 3.59. The summed E-state index contributed by atoms with van der Waals surface area (Å²) >= 11 is 0. The van der Waals surface area contributed by atoms with E-state index in [1.54, 1.807) is 30.3 Å². The van der Waals surface area contributed by atoms with Crippen LogP contribution in [0.4, 0.5) is 4.39 Å². The van der Waals surface area contributed by atoms with Gasteiger partial charge in [-0.25, -0.2) is 9.18 Å². The van der Waals surface area contributed by atoms with Crippen molar-refractivity contribution >= 4 is 12.0 Å². The summed E-state index contributed by atoms with van der Waals surface area (Å²) < 4.78 is 23.1. The molecule has 4 heteroatoms. The normalized spacial score (nSPS) is 10.6. The maximum atomic E-state index is 13.0. The third-order valence-corrected chi connectivity index (χ3v) is 2.79. The van der Waals surface area contributed by atoms with E-state index in [2.05, 4.69) is 4.74 Å². The van der Waals surface area contributed by atoms with Crippen LogP contribution in [0, 0.1) is 5.82 Å². The number of esters is 1. The van der Waals surface area contributed by atoms with Crippen molar-refractivity contribution in [1.82, 2.24) is 0 Å². The Bertz CT molecular complexity index is 633. The molecule has 0 spiro atoms. The molecular weight excluding hydrogens is 271 g/mol. The highest BCUT2D eigenvalue weighted by molar-refractivity contribution is 5.86. The van der Waals surface area contributed by atoms with Crippen molar-refractivity contribution in [3.05, 3.63) is 71.6 Å². The summed E-state index contributed by atoms with van der Waals surface area (Å²) in [6.07, 6.45) is 3.00. The van der Waals surface area contributed by atoms with Gasteiger partial charge in [0.05, 0.1) is 7.11 Å². The van der Waals surface area contributed by atoms with E-state index in [9.17, 15) is 9.18 Å². The lowest BCUT2D eigenvalue weighted by molar-refractivity contribution is -0.134. The van der Waals surface area contributed by atoms with Crippen LogP contribution in [0.25, 0.3) is 6.08 Å². The molecule has 3 nitrogen and oxygen atoms in total. The summed E-state index contributed by atoms with van der Waals surface area (Å²) in [5, 5.41) is 0. The summed E-state index contributed by atoms with van der Waals surface area (Å²) in [5.74, 6) is -0.00435. The van der Waals surface area contributed by atoms with Crippen molar-refractivity contribution in [1.29, 1.82) is 0 Å². The molecule has 0 aromatic heterocycles. The van der Waals surface area contributed by atoms with E-state index in [-0.39, 0.29) is 5.82 Å². The van der Waals surface area contributed by atoms with Gasteiger partial charge in [0.25, 0.3) is 0 Å². The van der Waals surface area contributed by atoms with Crippen LogP contribution < -0.4 is 4.74 Å². The zero-order chi connectivity index (χ0) is 15.1. The zero-order valence-electron chi connectivity index (χ0n) is 11.6. The average Bonchev–Trinajstić information content (AvgIpc) is 2.51. The highest BCUT2D eigenvalue weighted by atomic mass is 19.1. The monoisotopic (exact) mass is 286 g/mol. The third kappa shape index (κ3) is 4.76. The molecule has 0 radical (unpaired) electrons. The number of methoxy groups -OCH3 is 1. The van der Waals surface area contributed by atoms with Gasteiger partial charge in [0, 0.05) is 6.08 Å². The number of rotatable bonds is 5. The van der Waals surface area contributed by atoms with Gasteiger partial charge in [-0.2, -0.15) is 0 Å². The van der Waals surface area contributed by atoms with Crippen molar-refractivity contribution in [2.75, 3.05) is 7.11 Å². The Morgan fingerprint density at radius 2 is 1.95 bits per heavy atom. The maximum absolute atomic E-state index is 13.0. The van der Waals surface area contributed by atoms with Gasteiger partial charge in [0.2, 0.25) is 0 Å². The second kappa shape index (κ2) is 7.24. The SMILES string of the molecule is COC(=O)/C=C/c1ccc(OCc2cccc(F)c2)cc1. The van der Waals surface area contributed by atoms with Crippen LogP contribution in [0.2, 0.25) is 0 Å². The van der Waals surface area contributed by atoms with E-state index >= 15 is 0 Å². The smallest absolute Gasteiger partial charge is 0.330 e. The van der Waals surface area contributed by atoms with Gasteiger partial charge in [-0.1, -0.05) is 24.3 Å². The summed E-state index contributed by atoms with van der Waals surface area (Å²) in [6.45, 7) is 0.301. The van der Waals surface area contributed by atoms with Crippen LogP contribution in [-0.4, -0.2) is 13.1 Å². The average molecular weight is 286 g/mol. The Hall–Kier alpha value is -2.62. The van der Waals surface area contributed by atoms with Crippen LogP contribution in [0.15, 0.2) is 54.6 Å². The molecule has 0 unspecified atom stereocenters. The summed E-state index contributed by atoms with van der Waals surface area (Å²) in [7, 11) is 1.33. The van der Waals surface area contributed by atoms with Gasteiger partial charge in [-0.3, -0.25) is 0 Å². The van der Waals surface area contributed by atoms with Crippen molar-refractivity contribution in [3.63, 3.8) is 0 Å². The molecule has 2 aromatic carbocycles. The van der Waals surface area contributed by atoms with Crippen molar-refractivity contribution in [3.8, 4) is 5.75 Å². The quantitative estimate of drug-likeness (QED) is 0.622. The number of benzene rings is 2. The predicted molar refractivity (Wildman–Crippen MR) is 78.2 cm³/mol. The molecule has 0 fully saturated rings. The Kier molecular flexibility index (Phi) is 5.10. The first-order valence-corrected chi connectivity index (χ1v) is 6.41. The van der Waals surface area contributed by atoms with Crippen LogP contribution in [0.1, 0.15) is 11.1 Å². The van der Waals surface area contributed by atoms with Gasteiger partial charge in [0.1, 0.15) is 18.2 Å². The molecule has 0 N–H and O–H groups in total. The molecule has 2 aromatic rings. The molecule has 0 saturated heterocycles. The van der Waals surface area contributed by atoms with E-state index in [1.807, 2.05) is 12.1 Å². The molecule has 0 bridgehead atoms. The zero-order valence-corrected chi connectivity index (χ0v) is 11.6. The Balaban J connectivity index is 1.93. The minimum absolute atomic E-state index is 0.278. The Morgan fingerprint density at radius 3 is 2.62 bits per heavy atom. The minimum Gasteiger partial charge on any atom is -0.489 e. The minimum atomic E-state index is -0.401. The first kappa shape index (κ1) is 14.8. The van der Waals surface area contributed by atoms with Gasteiger partial charge in [0.15, 0.2) is 0 Å². The van der Waals surface area contributed by atoms with Gasteiger partial charge in [-0.05, 0) is 41.5 Å². The number of hydrogen-bond donors (Lipinski definition) is 0. The summed E-state index contributed by atoms with van der Waals surface area (Å²) in [5.41, 5.74) is 1.63. The van der Waals surface area contributed by atoms with Gasteiger partial charge < -0.3 is 9.47 Å². The fourth-order valence-corrected chi connectivity index (χ4v) is 1.70. The molecule has 0 aliphatic carbocycles. The molecule has 0 aliphatic rings. The molecule has 2 rings (SSSR count). The largest absolute Gasteiger partial charge is 0.489 e. The van der Waals surface area contributed by atoms with E-state index in [0.717, 1.165) is 11.1 Å². The van der Waals surface area contributed by atoms with E-state index < -0.39 is 5.97 Å². The molecule has 0 aliphatic heterocycles. The number of hydrogen-bond acceptors (Lipinski definition) is 3. The Morgan fingerprint density at radius 1 is 1.19 bits per heavy atom. The standard InChI is InChI=1S/C17H15FO3/c1-20-17(19)10-7-13-5-8-16(9-6-13)21-12-14-3-2-4-15(18)11-14/h2-11H,12H2,1H3/b10-7+. The number of carbonyl (C=O) groups is 1. The van der Waals surface area contributed by atoms with Crippen molar-refractivity contribution in [2.45, 2.75) is 6.61 Å². The van der Waals surface area contributed by atoms with Crippen LogP contribution >= 0.6 is 0 Å². The van der Waals surface area contributed by atoms with Crippen molar-refractivity contribution < 1.29 is 18.7 Å². The molecule has 0 saturated carbocycles. The Labute approximate surface area is 122 Å². The van der Waals surface area contributed by atoms with Crippen molar-refractivity contribution in [2.24, 2.45) is 0 Å².